The first kappa shape index (κ1) is 32.0. The van der Waals surface area contributed by atoms with E-state index in [-0.39, 0.29) is 17.5 Å². The molecular formula is C29H31F3N6O6. The molecule has 0 unspecified atom stereocenters. The minimum Gasteiger partial charge on any atom is -0.497 e. The molecule has 1 fully saturated rings. The molecule has 0 saturated carbocycles. The van der Waals surface area contributed by atoms with Crippen molar-refractivity contribution < 1.29 is 42.2 Å². The first-order valence-corrected chi connectivity index (χ1v) is 13.6. The lowest BCUT2D eigenvalue weighted by atomic mass is 10.0. The summed E-state index contributed by atoms with van der Waals surface area (Å²) in [7, 11) is 3.34. The third-order valence-corrected chi connectivity index (χ3v) is 7.29. The predicted molar refractivity (Wildman–Crippen MR) is 153 cm³/mol. The zero-order valence-electron chi connectivity index (χ0n) is 24.0. The number of hydrogen-bond donors (Lipinski definition) is 2. The van der Waals surface area contributed by atoms with Gasteiger partial charge in [-0.05, 0) is 80.9 Å². The smallest absolute Gasteiger partial charge is 0.490 e. The Balaban J connectivity index is 0.000000566. The Hall–Kier alpha value is -4.92. The fraction of sp³-hybridized carbons (Fsp3) is 0.345. The van der Waals surface area contributed by atoms with Crippen LogP contribution in [0.1, 0.15) is 39.4 Å². The van der Waals surface area contributed by atoms with Gasteiger partial charge in [-0.15, -0.1) is 0 Å². The zero-order chi connectivity index (χ0) is 32.2. The lowest BCUT2D eigenvalue weighted by Crippen LogP contribution is -2.39. The van der Waals surface area contributed by atoms with Gasteiger partial charge >= 0.3 is 12.1 Å². The molecule has 1 aromatic heterocycles. The Bertz CT molecular complexity index is 1530. The summed E-state index contributed by atoms with van der Waals surface area (Å²) in [6.07, 6.45) is -2.38. The molecule has 2 aliphatic heterocycles. The van der Waals surface area contributed by atoms with Crippen molar-refractivity contribution in [2.45, 2.75) is 25.4 Å². The first-order chi connectivity index (χ1) is 20.8. The Morgan fingerprint density at radius 1 is 1.00 bits per heavy atom. The molecule has 0 bridgehead atoms. The van der Waals surface area contributed by atoms with Crippen molar-refractivity contribution in [1.29, 1.82) is 0 Å². The largest absolute Gasteiger partial charge is 0.497 e. The number of methoxy groups -OCH3 is 1. The number of benzene rings is 2. The molecule has 0 aliphatic carbocycles. The van der Waals surface area contributed by atoms with E-state index in [1.54, 1.807) is 48.2 Å². The van der Waals surface area contributed by atoms with E-state index in [2.05, 4.69) is 10.00 Å². The summed E-state index contributed by atoms with van der Waals surface area (Å²) in [6.45, 7) is 2.71. The monoisotopic (exact) mass is 616 g/mol. The van der Waals surface area contributed by atoms with Crippen molar-refractivity contribution in [1.82, 2.24) is 14.7 Å². The zero-order valence-corrected chi connectivity index (χ0v) is 24.0. The van der Waals surface area contributed by atoms with E-state index in [0.717, 1.165) is 31.6 Å². The van der Waals surface area contributed by atoms with E-state index in [1.807, 2.05) is 24.3 Å². The number of amides is 3. The number of ether oxygens (including phenoxy) is 1. The highest BCUT2D eigenvalue weighted by Crippen LogP contribution is 2.30. The van der Waals surface area contributed by atoms with E-state index >= 15 is 0 Å². The van der Waals surface area contributed by atoms with Crippen molar-refractivity contribution in [3.05, 3.63) is 65.5 Å². The molecular weight excluding hydrogens is 585 g/mol. The molecule has 234 valence electrons. The van der Waals surface area contributed by atoms with Crippen LogP contribution in [-0.2, 0) is 16.0 Å². The first-order valence-electron chi connectivity index (χ1n) is 13.6. The maximum absolute atomic E-state index is 13.7. The normalized spacial score (nSPS) is 14.8. The van der Waals surface area contributed by atoms with Crippen molar-refractivity contribution in [2.75, 3.05) is 50.1 Å². The molecule has 15 heteroatoms. The summed E-state index contributed by atoms with van der Waals surface area (Å²) < 4.78 is 38.4. The number of likely N-dealkylation sites (tertiary alicyclic amines) is 1. The molecule has 0 spiro atoms. The van der Waals surface area contributed by atoms with Gasteiger partial charge in [0.05, 0.1) is 19.3 Å². The van der Waals surface area contributed by atoms with Crippen LogP contribution < -0.4 is 20.3 Å². The van der Waals surface area contributed by atoms with E-state index in [1.165, 1.54) is 4.68 Å². The van der Waals surface area contributed by atoms with Crippen molar-refractivity contribution in [2.24, 2.45) is 5.73 Å². The standard InChI is InChI=1S/C27H30N6O4.C2HF3O2/c1-30(23(34)17-31-14-3-4-15-31)18-5-7-19(8-6-18)32-16-13-22-24(26(28)35)29-33(25(22)27(32)36)20-9-11-21(37-2)12-10-20;3-2(4,5)1(6)7/h5-12H,3-4,13-17H2,1-2H3,(H2,28,35);(H,6,7). The third kappa shape index (κ3) is 6.99. The quantitative estimate of drug-likeness (QED) is 0.411. The average Bonchev–Trinajstić information content (AvgIpc) is 3.65. The molecule has 0 radical (unpaired) electrons. The second-order valence-corrected chi connectivity index (χ2v) is 10.1. The van der Waals surface area contributed by atoms with Crippen molar-refractivity contribution in [3.63, 3.8) is 0 Å². The summed E-state index contributed by atoms with van der Waals surface area (Å²) in [5.41, 5.74) is 8.63. The number of rotatable bonds is 7. The highest BCUT2D eigenvalue weighted by molar-refractivity contribution is 6.09. The Morgan fingerprint density at radius 2 is 1.57 bits per heavy atom. The molecule has 3 heterocycles. The van der Waals surface area contributed by atoms with Crippen molar-refractivity contribution >= 4 is 35.1 Å². The molecule has 2 aliphatic rings. The Labute approximate surface area is 250 Å². The lowest BCUT2D eigenvalue weighted by molar-refractivity contribution is -0.192. The van der Waals surface area contributed by atoms with Crippen LogP contribution in [0.5, 0.6) is 5.75 Å². The van der Waals surface area contributed by atoms with E-state index < -0.39 is 18.1 Å². The number of primary amides is 1. The SMILES string of the molecule is COc1ccc(-n2nc(C(N)=O)c3c2C(=O)N(c2ccc(N(C)C(=O)CN4CCCC4)cc2)CC3)cc1.O=C(O)C(F)(F)F. The summed E-state index contributed by atoms with van der Waals surface area (Å²) >= 11 is 0. The van der Waals surface area contributed by atoms with Gasteiger partial charge in [0.25, 0.3) is 11.8 Å². The van der Waals surface area contributed by atoms with E-state index in [0.29, 0.717) is 47.9 Å². The second-order valence-electron chi connectivity index (χ2n) is 10.1. The van der Waals surface area contributed by atoms with Crippen LogP contribution in [0.3, 0.4) is 0 Å². The Kier molecular flexibility index (Phi) is 9.57. The summed E-state index contributed by atoms with van der Waals surface area (Å²) in [5.74, 6) is -3.00. The summed E-state index contributed by atoms with van der Waals surface area (Å²) in [6, 6.07) is 14.4. The molecule has 5 rings (SSSR count). The summed E-state index contributed by atoms with van der Waals surface area (Å²) in [5, 5.41) is 11.5. The van der Waals surface area contributed by atoms with Crippen LogP contribution in [-0.4, -0.2) is 90.0 Å². The number of hydrogen-bond acceptors (Lipinski definition) is 7. The van der Waals surface area contributed by atoms with Gasteiger partial charge in [0.15, 0.2) is 5.69 Å². The van der Waals surface area contributed by atoms with Crippen molar-refractivity contribution in [3.8, 4) is 11.4 Å². The number of nitrogens with two attached hydrogens (primary N) is 1. The Morgan fingerprint density at radius 3 is 2.09 bits per heavy atom. The van der Waals surface area contributed by atoms with Gasteiger partial charge < -0.3 is 25.4 Å². The number of aromatic nitrogens is 2. The van der Waals surface area contributed by atoms with Crippen LogP contribution in [0.4, 0.5) is 24.5 Å². The van der Waals surface area contributed by atoms with Gasteiger partial charge in [-0.3, -0.25) is 19.3 Å². The van der Waals surface area contributed by atoms with Crippen LogP contribution in [0, 0.1) is 0 Å². The predicted octanol–water partition coefficient (Wildman–Crippen LogP) is 2.87. The number of carboxylic acids is 1. The number of carbonyl (C=O) groups is 4. The maximum Gasteiger partial charge on any atom is 0.490 e. The van der Waals surface area contributed by atoms with Gasteiger partial charge in [0, 0.05) is 30.5 Å². The van der Waals surface area contributed by atoms with E-state index in [4.69, 9.17) is 20.4 Å². The minimum absolute atomic E-state index is 0.0377. The third-order valence-electron chi connectivity index (χ3n) is 7.29. The summed E-state index contributed by atoms with van der Waals surface area (Å²) in [4.78, 5) is 52.9. The molecule has 3 amide bonds. The van der Waals surface area contributed by atoms with E-state index in [9.17, 15) is 27.6 Å². The number of fused-ring (bicyclic) bond motifs is 1. The molecule has 44 heavy (non-hydrogen) atoms. The molecule has 0 atom stereocenters. The molecule has 1 saturated heterocycles. The van der Waals surface area contributed by atoms with Gasteiger partial charge in [-0.2, -0.15) is 18.3 Å². The van der Waals surface area contributed by atoms with Gasteiger partial charge in [0.1, 0.15) is 11.4 Å². The fourth-order valence-corrected chi connectivity index (χ4v) is 4.95. The number of carboxylic acid groups (broad SMARTS) is 1. The number of aliphatic carboxylic acids is 1. The maximum atomic E-state index is 13.7. The van der Waals surface area contributed by atoms with Crippen LogP contribution in [0.15, 0.2) is 48.5 Å². The number of alkyl halides is 3. The molecule has 3 aromatic rings. The number of carbonyl (C=O) groups excluding carboxylic acids is 3. The minimum atomic E-state index is -5.08. The highest BCUT2D eigenvalue weighted by atomic mass is 19.4. The molecule has 3 N–H and O–H groups in total. The number of likely N-dealkylation sites (N-methyl/N-ethyl adjacent to an activating group) is 1. The van der Waals surface area contributed by atoms with Gasteiger partial charge in [0.2, 0.25) is 5.91 Å². The lowest BCUT2D eigenvalue weighted by Gasteiger charge is -2.28. The highest BCUT2D eigenvalue weighted by Gasteiger charge is 2.38. The second kappa shape index (κ2) is 13.2. The van der Waals surface area contributed by atoms with Crippen LogP contribution in [0.2, 0.25) is 0 Å². The number of anilines is 2. The van der Waals surface area contributed by atoms with Gasteiger partial charge in [-0.25, -0.2) is 9.48 Å². The number of halogens is 3. The molecule has 2 aromatic carbocycles. The fourth-order valence-electron chi connectivity index (χ4n) is 4.95. The van der Waals surface area contributed by atoms with Gasteiger partial charge in [-0.1, -0.05) is 0 Å². The molecule has 12 nitrogen and oxygen atoms in total. The van der Waals surface area contributed by atoms with Crippen LogP contribution in [0.25, 0.3) is 5.69 Å². The van der Waals surface area contributed by atoms with Crippen LogP contribution >= 0.6 is 0 Å². The average molecular weight is 617 g/mol. The topological polar surface area (TPSA) is 151 Å². The number of nitrogens with zero attached hydrogens (tertiary/aromatic N) is 5.